The Morgan fingerprint density at radius 3 is 2.58 bits per heavy atom. The summed E-state index contributed by atoms with van der Waals surface area (Å²) in [6, 6.07) is 7.87. The lowest BCUT2D eigenvalue weighted by Crippen LogP contribution is -2.05. The first-order valence-electron chi connectivity index (χ1n) is 7.20. The molecular weight excluding hydrogens is 236 g/mol. The minimum atomic E-state index is -0.377. The molecule has 0 saturated carbocycles. The first kappa shape index (κ1) is 14.0. The van der Waals surface area contributed by atoms with E-state index in [1.165, 1.54) is 6.42 Å². The van der Waals surface area contributed by atoms with Crippen LogP contribution in [-0.2, 0) is 4.79 Å². The van der Waals surface area contributed by atoms with E-state index in [2.05, 4.69) is 6.92 Å². The van der Waals surface area contributed by atoms with Crippen molar-refractivity contribution in [3.63, 3.8) is 0 Å². The molecule has 2 heteroatoms. The molecule has 0 heterocycles. The standard InChI is InChI=1S/C17H22O2/c1-2-3-4-7-16(18)14-11-9-13(10-12-14)15-6-5-8-17(15)19/h5,8-12,15-16,18H,2-4,6-7H2,1H3/t15-,16?/m0/s1. The van der Waals surface area contributed by atoms with Crippen molar-refractivity contribution < 1.29 is 9.90 Å². The number of hydrogen-bond donors (Lipinski definition) is 1. The normalized spacial score (nSPS) is 19.9. The molecule has 0 saturated heterocycles. The van der Waals surface area contributed by atoms with Gasteiger partial charge in [-0.05, 0) is 30.0 Å². The number of benzene rings is 1. The van der Waals surface area contributed by atoms with E-state index in [1.807, 2.05) is 30.3 Å². The van der Waals surface area contributed by atoms with Crippen molar-refractivity contribution >= 4 is 5.78 Å². The maximum Gasteiger partial charge on any atom is 0.163 e. The fourth-order valence-electron chi connectivity index (χ4n) is 2.56. The van der Waals surface area contributed by atoms with Crippen molar-refractivity contribution in [2.45, 2.75) is 51.0 Å². The molecule has 102 valence electrons. The van der Waals surface area contributed by atoms with Gasteiger partial charge in [0.05, 0.1) is 12.0 Å². The Hall–Kier alpha value is -1.41. The average Bonchev–Trinajstić information content (AvgIpc) is 2.85. The molecule has 0 fully saturated rings. The van der Waals surface area contributed by atoms with Gasteiger partial charge in [-0.3, -0.25) is 4.79 Å². The minimum absolute atomic E-state index is 0.00807. The summed E-state index contributed by atoms with van der Waals surface area (Å²) >= 11 is 0. The molecule has 1 unspecified atom stereocenters. The summed E-state index contributed by atoms with van der Waals surface area (Å²) in [6.07, 6.45) is 8.23. The Kier molecular flexibility index (Phi) is 4.92. The summed E-state index contributed by atoms with van der Waals surface area (Å²) in [7, 11) is 0. The molecule has 0 bridgehead atoms. The van der Waals surface area contributed by atoms with Crippen LogP contribution in [0.3, 0.4) is 0 Å². The second-order valence-electron chi connectivity index (χ2n) is 5.27. The highest BCUT2D eigenvalue weighted by Crippen LogP contribution is 2.28. The Morgan fingerprint density at radius 2 is 2.00 bits per heavy atom. The van der Waals surface area contributed by atoms with E-state index in [9.17, 15) is 9.90 Å². The number of aliphatic hydroxyl groups excluding tert-OH is 1. The molecule has 1 aliphatic carbocycles. The number of carbonyl (C=O) groups is 1. The molecule has 19 heavy (non-hydrogen) atoms. The molecule has 0 aliphatic heterocycles. The van der Waals surface area contributed by atoms with Crippen LogP contribution in [0.25, 0.3) is 0 Å². The lowest BCUT2D eigenvalue weighted by molar-refractivity contribution is -0.115. The summed E-state index contributed by atoms with van der Waals surface area (Å²) in [4.78, 5) is 11.6. The SMILES string of the molecule is CCCCCC(O)c1ccc([C@@H]2CC=CC2=O)cc1. The summed E-state index contributed by atoms with van der Waals surface area (Å²) in [5.74, 6) is 0.183. The van der Waals surface area contributed by atoms with Crippen molar-refractivity contribution in [3.8, 4) is 0 Å². The zero-order valence-electron chi connectivity index (χ0n) is 11.5. The van der Waals surface area contributed by atoms with Gasteiger partial charge in [-0.25, -0.2) is 0 Å². The van der Waals surface area contributed by atoms with Crippen LogP contribution in [0, 0.1) is 0 Å². The molecular formula is C17H22O2. The van der Waals surface area contributed by atoms with Crippen LogP contribution < -0.4 is 0 Å². The highest BCUT2D eigenvalue weighted by Gasteiger charge is 2.21. The molecule has 0 radical (unpaired) electrons. The van der Waals surface area contributed by atoms with Gasteiger partial charge in [0.15, 0.2) is 5.78 Å². The lowest BCUT2D eigenvalue weighted by Gasteiger charge is -2.13. The van der Waals surface area contributed by atoms with Crippen molar-refractivity contribution in [1.82, 2.24) is 0 Å². The highest BCUT2D eigenvalue weighted by molar-refractivity contribution is 5.97. The average molecular weight is 258 g/mol. The van der Waals surface area contributed by atoms with Crippen LogP contribution in [0.5, 0.6) is 0 Å². The third-order valence-electron chi connectivity index (χ3n) is 3.80. The number of carbonyl (C=O) groups excluding carboxylic acids is 1. The molecule has 1 aromatic carbocycles. The Morgan fingerprint density at radius 1 is 1.26 bits per heavy atom. The number of hydrogen-bond acceptors (Lipinski definition) is 2. The predicted octanol–water partition coefficient (Wildman–Crippen LogP) is 3.91. The maximum atomic E-state index is 11.6. The quantitative estimate of drug-likeness (QED) is 0.785. The zero-order valence-corrected chi connectivity index (χ0v) is 11.5. The van der Waals surface area contributed by atoms with E-state index in [0.29, 0.717) is 0 Å². The maximum absolute atomic E-state index is 11.6. The molecule has 1 aromatic rings. The van der Waals surface area contributed by atoms with Crippen LogP contribution in [0.4, 0.5) is 0 Å². The van der Waals surface area contributed by atoms with Crippen LogP contribution in [0.2, 0.25) is 0 Å². The fraction of sp³-hybridized carbons (Fsp3) is 0.471. The van der Waals surface area contributed by atoms with Gasteiger partial charge >= 0.3 is 0 Å². The van der Waals surface area contributed by atoms with Crippen molar-refractivity contribution in [2.75, 3.05) is 0 Å². The smallest absolute Gasteiger partial charge is 0.163 e. The highest BCUT2D eigenvalue weighted by atomic mass is 16.3. The molecule has 2 rings (SSSR count). The van der Waals surface area contributed by atoms with Gasteiger partial charge in [0.2, 0.25) is 0 Å². The predicted molar refractivity (Wildman–Crippen MR) is 77.0 cm³/mol. The molecule has 0 amide bonds. The first-order chi connectivity index (χ1) is 9.22. The van der Waals surface area contributed by atoms with Gasteiger partial charge < -0.3 is 5.11 Å². The van der Waals surface area contributed by atoms with E-state index < -0.39 is 0 Å². The van der Waals surface area contributed by atoms with E-state index >= 15 is 0 Å². The van der Waals surface area contributed by atoms with E-state index in [1.54, 1.807) is 6.08 Å². The van der Waals surface area contributed by atoms with Gasteiger partial charge in [0.25, 0.3) is 0 Å². The molecule has 1 N–H and O–H groups in total. The van der Waals surface area contributed by atoms with E-state index in [0.717, 1.165) is 36.8 Å². The van der Waals surface area contributed by atoms with Gasteiger partial charge in [0.1, 0.15) is 0 Å². The molecule has 0 spiro atoms. The summed E-state index contributed by atoms with van der Waals surface area (Å²) < 4.78 is 0. The van der Waals surface area contributed by atoms with E-state index in [-0.39, 0.29) is 17.8 Å². The monoisotopic (exact) mass is 258 g/mol. The van der Waals surface area contributed by atoms with Crippen molar-refractivity contribution in [2.24, 2.45) is 0 Å². The number of allylic oxidation sites excluding steroid dienone is 2. The Bertz CT molecular complexity index is 445. The second-order valence-corrected chi connectivity index (χ2v) is 5.27. The zero-order chi connectivity index (χ0) is 13.7. The summed E-state index contributed by atoms with van der Waals surface area (Å²) in [5, 5.41) is 10.1. The van der Waals surface area contributed by atoms with Crippen molar-refractivity contribution in [1.29, 1.82) is 0 Å². The number of unbranched alkanes of at least 4 members (excludes halogenated alkanes) is 2. The minimum Gasteiger partial charge on any atom is -0.388 e. The Balaban J connectivity index is 1.96. The molecule has 0 aromatic heterocycles. The largest absolute Gasteiger partial charge is 0.388 e. The first-order valence-corrected chi connectivity index (χ1v) is 7.20. The van der Waals surface area contributed by atoms with E-state index in [4.69, 9.17) is 0 Å². The third-order valence-corrected chi connectivity index (χ3v) is 3.80. The van der Waals surface area contributed by atoms with Gasteiger partial charge in [-0.1, -0.05) is 56.5 Å². The topological polar surface area (TPSA) is 37.3 Å². The lowest BCUT2D eigenvalue weighted by atomic mass is 9.93. The molecule has 1 aliphatic rings. The number of rotatable bonds is 6. The van der Waals surface area contributed by atoms with Gasteiger partial charge in [-0.2, -0.15) is 0 Å². The van der Waals surface area contributed by atoms with Crippen LogP contribution in [0.15, 0.2) is 36.4 Å². The third kappa shape index (κ3) is 3.54. The van der Waals surface area contributed by atoms with Crippen LogP contribution in [0.1, 0.15) is 62.2 Å². The van der Waals surface area contributed by atoms with Crippen LogP contribution >= 0.6 is 0 Å². The summed E-state index contributed by atoms with van der Waals surface area (Å²) in [5.41, 5.74) is 2.01. The summed E-state index contributed by atoms with van der Waals surface area (Å²) in [6.45, 7) is 2.16. The number of ketones is 1. The van der Waals surface area contributed by atoms with Gasteiger partial charge in [0, 0.05) is 0 Å². The second kappa shape index (κ2) is 6.67. The Labute approximate surface area is 115 Å². The molecule has 2 atom stereocenters. The fourth-order valence-corrected chi connectivity index (χ4v) is 2.56. The number of aliphatic hydroxyl groups is 1. The van der Waals surface area contributed by atoms with Crippen molar-refractivity contribution in [3.05, 3.63) is 47.5 Å². The molecule has 2 nitrogen and oxygen atoms in total. The van der Waals surface area contributed by atoms with Crippen LogP contribution in [-0.4, -0.2) is 10.9 Å². The van der Waals surface area contributed by atoms with Gasteiger partial charge in [-0.15, -0.1) is 0 Å².